The van der Waals surface area contributed by atoms with Crippen molar-refractivity contribution < 1.29 is 4.39 Å². The van der Waals surface area contributed by atoms with Gasteiger partial charge in [-0.15, -0.1) is 0 Å². The lowest BCUT2D eigenvalue weighted by molar-refractivity contribution is 0.626. The molecule has 0 heterocycles. The molecular formula is C11H12FNS. The summed E-state index contributed by atoms with van der Waals surface area (Å²) in [4.78, 5) is 0. The maximum absolute atomic E-state index is 12.9. The molecule has 74 valence electrons. The first-order chi connectivity index (χ1) is 6.63. The third-order valence-corrected chi connectivity index (χ3v) is 2.90. The molecule has 0 aromatic heterocycles. The van der Waals surface area contributed by atoms with Crippen LogP contribution in [0.1, 0.15) is 25.0 Å². The van der Waals surface area contributed by atoms with Gasteiger partial charge < -0.3 is 0 Å². The molecule has 0 amide bonds. The van der Waals surface area contributed by atoms with E-state index in [0.717, 1.165) is 5.56 Å². The van der Waals surface area contributed by atoms with Crippen LogP contribution in [0, 0.1) is 17.1 Å². The molecule has 1 nitrogen and oxygen atoms in total. The zero-order valence-corrected chi connectivity index (χ0v) is 9.07. The van der Waals surface area contributed by atoms with E-state index in [9.17, 15) is 4.39 Å². The number of hydrogen-bond donors (Lipinski definition) is 0. The average Bonchev–Trinajstić information content (AvgIpc) is 2.15. The van der Waals surface area contributed by atoms with E-state index in [4.69, 9.17) is 5.26 Å². The maximum Gasteiger partial charge on any atom is 0.123 e. The average molecular weight is 209 g/mol. The number of nitrogens with zero attached hydrogens (tertiary/aromatic N) is 1. The van der Waals surface area contributed by atoms with E-state index in [2.05, 4.69) is 19.9 Å². The Hall–Kier alpha value is -1.01. The van der Waals surface area contributed by atoms with Gasteiger partial charge in [0.25, 0.3) is 0 Å². The summed E-state index contributed by atoms with van der Waals surface area (Å²) in [6, 6.07) is 6.36. The van der Waals surface area contributed by atoms with Crippen LogP contribution in [0.2, 0.25) is 0 Å². The van der Waals surface area contributed by atoms with Crippen LogP contribution in [0.15, 0.2) is 18.2 Å². The highest BCUT2D eigenvalue weighted by molar-refractivity contribution is 7.99. The van der Waals surface area contributed by atoms with Gasteiger partial charge in [0.2, 0.25) is 0 Å². The van der Waals surface area contributed by atoms with Crippen molar-refractivity contribution in [2.45, 2.75) is 24.9 Å². The Bertz CT molecular complexity index is 355. The highest BCUT2D eigenvalue weighted by Crippen LogP contribution is 2.20. The minimum atomic E-state index is -0.275. The molecule has 0 N–H and O–H groups in total. The van der Waals surface area contributed by atoms with Crippen LogP contribution in [-0.4, -0.2) is 5.25 Å². The molecule has 0 atom stereocenters. The highest BCUT2D eigenvalue weighted by Gasteiger charge is 2.04. The van der Waals surface area contributed by atoms with Crippen molar-refractivity contribution >= 4 is 11.8 Å². The summed E-state index contributed by atoms with van der Waals surface area (Å²) >= 11 is 1.70. The molecule has 0 aliphatic heterocycles. The van der Waals surface area contributed by atoms with Crippen LogP contribution in [0.25, 0.3) is 0 Å². The molecule has 0 bridgehead atoms. The Labute approximate surface area is 87.9 Å². The van der Waals surface area contributed by atoms with E-state index in [1.54, 1.807) is 11.8 Å². The lowest BCUT2D eigenvalue weighted by Crippen LogP contribution is -1.93. The van der Waals surface area contributed by atoms with Gasteiger partial charge in [-0.25, -0.2) is 4.39 Å². The van der Waals surface area contributed by atoms with Crippen LogP contribution in [0.5, 0.6) is 0 Å². The molecule has 1 aromatic rings. The molecule has 3 heteroatoms. The minimum absolute atomic E-state index is 0.275. The summed E-state index contributed by atoms with van der Waals surface area (Å²) in [6.07, 6.45) is 0. The zero-order valence-electron chi connectivity index (χ0n) is 8.25. The van der Waals surface area contributed by atoms with E-state index in [1.807, 2.05) is 0 Å². The first-order valence-electron chi connectivity index (χ1n) is 4.43. The molecular weight excluding hydrogens is 197 g/mol. The van der Waals surface area contributed by atoms with Crippen LogP contribution in [0.4, 0.5) is 4.39 Å². The first-order valence-corrected chi connectivity index (χ1v) is 5.48. The van der Waals surface area contributed by atoms with Gasteiger partial charge in [-0.2, -0.15) is 17.0 Å². The van der Waals surface area contributed by atoms with E-state index in [0.29, 0.717) is 16.6 Å². The Morgan fingerprint density at radius 2 is 2.21 bits per heavy atom. The van der Waals surface area contributed by atoms with Gasteiger partial charge in [-0.1, -0.05) is 13.8 Å². The second kappa shape index (κ2) is 5.02. The summed E-state index contributed by atoms with van der Waals surface area (Å²) < 4.78 is 12.9. The van der Waals surface area contributed by atoms with Crippen molar-refractivity contribution in [1.29, 1.82) is 5.26 Å². The lowest BCUT2D eigenvalue weighted by atomic mass is 10.1. The van der Waals surface area contributed by atoms with Crippen LogP contribution >= 0.6 is 11.8 Å². The molecule has 0 aliphatic rings. The van der Waals surface area contributed by atoms with Gasteiger partial charge in [0.05, 0.1) is 11.6 Å². The maximum atomic E-state index is 12.9. The second-order valence-corrected chi connectivity index (χ2v) is 4.84. The second-order valence-electron chi connectivity index (χ2n) is 3.27. The molecule has 0 radical (unpaired) electrons. The molecule has 0 saturated carbocycles. The standard InChI is InChI=1S/C11H12FNS/c1-8(2)14-7-10-5-11(12)4-3-9(10)6-13/h3-5,8H,7H2,1-2H3. The topological polar surface area (TPSA) is 23.8 Å². The van der Waals surface area contributed by atoms with Crippen LogP contribution in [0.3, 0.4) is 0 Å². The van der Waals surface area contributed by atoms with Gasteiger partial charge in [0.15, 0.2) is 0 Å². The summed E-state index contributed by atoms with van der Waals surface area (Å²) in [7, 11) is 0. The first kappa shape index (κ1) is 11.1. The third-order valence-electron chi connectivity index (χ3n) is 1.76. The largest absolute Gasteiger partial charge is 0.207 e. The van der Waals surface area contributed by atoms with Gasteiger partial charge in [-0.3, -0.25) is 0 Å². The van der Waals surface area contributed by atoms with Gasteiger partial charge in [-0.05, 0) is 29.0 Å². The predicted molar refractivity (Wildman–Crippen MR) is 57.5 cm³/mol. The Balaban J connectivity index is 2.84. The molecule has 1 rings (SSSR count). The Kier molecular flexibility index (Phi) is 3.97. The summed E-state index contributed by atoms with van der Waals surface area (Å²) in [5.74, 6) is 0.418. The number of thioether (sulfide) groups is 1. The molecule has 0 spiro atoms. The fourth-order valence-electron chi connectivity index (χ4n) is 1.05. The highest BCUT2D eigenvalue weighted by atomic mass is 32.2. The van der Waals surface area contributed by atoms with E-state index in [1.165, 1.54) is 18.2 Å². The predicted octanol–water partition coefficient (Wildman–Crippen LogP) is 3.34. The van der Waals surface area contributed by atoms with Crippen molar-refractivity contribution in [3.05, 3.63) is 35.1 Å². The fraction of sp³-hybridized carbons (Fsp3) is 0.364. The Morgan fingerprint density at radius 3 is 2.79 bits per heavy atom. The SMILES string of the molecule is CC(C)SCc1cc(F)ccc1C#N. The van der Waals surface area contributed by atoms with Crippen LogP contribution in [-0.2, 0) is 5.75 Å². The van der Waals surface area contributed by atoms with Crippen molar-refractivity contribution in [2.75, 3.05) is 0 Å². The molecule has 0 aliphatic carbocycles. The quantitative estimate of drug-likeness (QED) is 0.762. The molecule has 1 aromatic carbocycles. The molecule has 14 heavy (non-hydrogen) atoms. The summed E-state index contributed by atoms with van der Waals surface area (Å²) in [5, 5.41) is 9.28. The third kappa shape index (κ3) is 3.04. The van der Waals surface area contributed by atoms with Crippen molar-refractivity contribution in [3.8, 4) is 6.07 Å². The zero-order chi connectivity index (χ0) is 10.6. The van der Waals surface area contributed by atoms with Gasteiger partial charge in [0.1, 0.15) is 5.82 Å². The minimum Gasteiger partial charge on any atom is -0.207 e. The summed E-state index contributed by atoms with van der Waals surface area (Å²) in [5.41, 5.74) is 1.35. The van der Waals surface area contributed by atoms with Crippen molar-refractivity contribution in [2.24, 2.45) is 0 Å². The normalized spacial score (nSPS) is 10.2. The number of nitriles is 1. The number of rotatable bonds is 3. The van der Waals surface area contributed by atoms with Crippen molar-refractivity contribution in [1.82, 2.24) is 0 Å². The Morgan fingerprint density at radius 1 is 1.50 bits per heavy atom. The molecule has 0 saturated heterocycles. The molecule has 0 fully saturated rings. The number of benzene rings is 1. The number of halogens is 1. The van der Waals surface area contributed by atoms with Gasteiger partial charge in [0, 0.05) is 5.75 Å². The van der Waals surface area contributed by atoms with E-state index in [-0.39, 0.29) is 5.82 Å². The molecule has 0 unspecified atom stereocenters. The monoisotopic (exact) mass is 209 g/mol. The van der Waals surface area contributed by atoms with Crippen molar-refractivity contribution in [3.63, 3.8) is 0 Å². The number of hydrogen-bond acceptors (Lipinski definition) is 2. The lowest BCUT2D eigenvalue weighted by Gasteiger charge is -2.06. The van der Waals surface area contributed by atoms with Crippen LogP contribution < -0.4 is 0 Å². The smallest absolute Gasteiger partial charge is 0.123 e. The van der Waals surface area contributed by atoms with E-state index < -0.39 is 0 Å². The summed E-state index contributed by atoms with van der Waals surface area (Å²) in [6.45, 7) is 4.16. The fourth-order valence-corrected chi connectivity index (χ4v) is 1.80. The van der Waals surface area contributed by atoms with Gasteiger partial charge >= 0.3 is 0 Å². The van der Waals surface area contributed by atoms with E-state index >= 15 is 0 Å².